The Hall–Kier alpha value is -2.59. The molecule has 2 rings (SSSR count). The van der Waals surface area contributed by atoms with E-state index < -0.39 is 26.3 Å². The fourth-order valence-electron chi connectivity index (χ4n) is 1.73. The third-order valence-corrected chi connectivity index (χ3v) is 4.12. The summed E-state index contributed by atoms with van der Waals surface area (Å²) in [6, 6.07) is 11.2. The van der Waals surface area contributed by atoms with Crippen LogP contribution in [0.1, 0.15) is 5.56 Å². The first kappa shape index (κ1) is 14.8. The van der Waals surface area contributed by atoms with Crippen molar-refractivity contribution in [3.8, 4) is 11.8 Å². The molecule has 2 aromatic rings. The fourth-order valence-corrected chi connectivity index (χ4v) is 2.95. The van der Waals surface area contributed by atoms with Crippen LogP contribution in [0.5, 0.6) is 5.75 Å². The van der Waals surface area contributed by atoms with Crippen LogP contribution in [0.3, 0.4) is 0 Å². The van der Waals surface area contributed by atoms with E-state index in [-0.39, 0.29) is 5.69 Å². The highest BCUT2D eigenvalue weighted by atomic mass is 32.2. The number of nitriles is 1. The van der Waals surface area contributed by atoms with E-state index in [0.717, 1.165) is 6.07 Å². The van der Waals surface area contributed by atoms with Gasteiger partial charge in [-0.15, -0.1) is 0 Å². The second kappa shape index (κ2) is 5.81. The molecule has 2 aromatic carbocycles. The quantitative estimate of drug-likeness (QED) is 0.941. The number of nitrogens with zero attached hydrogens (tertiary/aromatic N) is 1. The van der Waals surface area contributed by atoms with Crippen LogP contribution in [0.4, 0.5) is 10.1 Å². The summed E-state index contributed by atoms with van der Waals surface area (Å²) in [4.78, 5) is -0.409. The van der Waals surface area contributed by atoms with Gasteiger partial charge < -0.3 is 4.74 Å². The maximum atomic E-state index is 13.5. The molecule has 0 saturated heterocycles. The number of sulfonamides is 1. The minimum Gasteiger partial charge on any atom is -0.497 e. The minimum atomic E-state index is -4.07. The smallest absolute Gasteiger partial charge is 0.263 e. The monoisotopic (exact) mass is 306 g/mol. The van der Waals surface area contributed by atoms with Crippen LogP contribution in [-0.2, 0) is 10.0 Å². The first-order chi connectivity index (χ1) is 9.97. The Bertz CT molecular complexity index is 813. The zero-order valence-electron chi connectivity index (χ0n) is 11.0. The zero-order valence-corrected chi connectivity index (χ0v) is 11.8. The summed E-state index contributed by atoms with van der Waals surface area (Å²) in [5.74, 6) is -0.416. The van der Waals surface area contributed by atoms with Crippen LogP contribution in [0.25, 0.3) is 0 Å². The van der Waals surface area contributed by atoms with Crippen LogP contribution < -0.4 is 9.46 Å². The first-order valence-corrected chi connectivity index (χ1v) is 7.32. The third-order valence-electron chi connectivity index (χ3n) is 2.70. The van der Waals surface area contributed by atoms with E-state index in [1.54, 1.807) is 18.2 Å². The summed E-state index contributed by atoms with van der Waals surface area (Å²) < 4.78 is 45.3. The van der Waals surface area contributed by atoms with Crippen molar-refractivity contribution < 1.29 is 17.5 Å². The summed E-state index contributed by atoms with van der Waals surface area (Å²) in [5.41, 5.74) is -0.268. The van der Waals surface area contributed by atoms with Crippen molar-refractivity contribution in [2.24, 2.45) is 0 Å². The lowest BCUT2D eigenvalue weighted by atomic mass is 10.2. The standard InChI is InChI=1S/C14H11FN2O3S/c1-20-11-5-2-4-10(8-11)17-21(18,19)14-7-3-6-13(15)12(14)9-16/h2-8,17H,1H3. The van der Waals surface area contributed by atoms with Gasteiger partial charge in [0.1, 0.15) is 28.1 Å². The summed E-state index contributed by atoms with van der Waals surface area (Å²) in [7, 11) is -2.62. The predicted molar refractivity (Wildman–Crippen MR) is 74.9 cm³/mol. The van der Waals surface area contributed by atoms with Crippen molar-refractivity contribution in [1.29, 1.82) is 5.26 Å². The molecule has 0 amide bonds. The maximum Gasteiger partial charge on any atom is 0.263 e. The molecule has 0 saturated carbocycles. The van der Waals surface area contributed by atoms with Gasteiger partial charge in [0.25, 0.3) is 10.0 Å². The number of rotatable bonds is 4. The Labute approximate surface area is 121 Å². The first-order valence-electron chi connectivity index (χ1n) is 5.83. The molecule has 0 spiro atoms. The number of hydrogen-bond acceptors (Lipinski definition) is 4. The summed E-state index contributed by atoms with van der Waals surface area (Å²) in [6.45, 7) is 0. The number of nitrogens with one attached hydrogen (secondary N) is 1. The van der Waals surface area contributed by atoms with Crippen LogP contribution in [0, 0.1) is 17.1 Å². The number of anilines is 1. The van der Waals surface area contributed by atoms with Crippen molar-refractivity contribution in [3.63, 3.8) is 0 Å². The molecule has 0 radical (unpaired) electrons. The third kappa shape index (κ3) is 3.12. The van der Waals surface area contributed by atoms with Gasteiger partial charge in [0.2, 0.25) is 0 Å². The van der Waals surface area contributed by atoms with Gasteiger partial charge in [0, 0.05) is 6.07 Å². The summed E-state index contributed by atoms with van der Waals surface area (Å²) in [6.07, 6.45) is 0. The molecule has 108 valence electrons. The minimum absolute atomic E-state index is 0.252. The van der Waals surface area contributed by atoms with E-state index in [2.05, 4.69) is 4.72 Å². The van der Waals surface area contributed by atoms with Gasteiger partial charge in [0.15, 0.2) is 0 Å². The highest BCUT2D eigenvalue weighted by Crippen LogP contribution is 2.23. The van der Waals surface area contributed by atoms with E-state index in [9.17, 15) is 12.8 Å². The van der Waals surface area contributed by atoms with Gasteiger partial charge in [-0.1, -0.05) is 12.1 Å². The number of halogens is 1. The van der Waals surface area contributed by atoms with Crippen LogP contribution >= 0.6 is 0 Å². The molecular weight excluding hydrogens is 295 g/mol. The Morgan fingerprint density at radius 1 is 1.24 bits per heavy atom. The Morgan fingerprint density at radius 2 is 1.95 bits per heavy atom. The topological polar surface area (TPSA) is 79.2 Å². The molecule has 1 N–H and O–H groups in total. The molecule has 0 fully saturated rings. The zero-order chi connectivity index (χ0) is 15.5. The number of hydrogen-bond donors (Lipinski definition) is 1. The lowest BCUT2D eigenvalue weighted by Gasteiger charge is -2.10. The lowest BCUT2D eigenvalue weighted by Crippen LogP contribution is -2.15. The largest absolute Gasteiger partial charge is 0.497 e. The molecule has 0 unspecified atom stereocenters. The van der Waals surface area contributed by atoms with E-state index in [1.807, 2.05) is 0 Å². The predicted octanol–water partition coefficient (Wildman–Crippen LogP) is 2.51. The van der Waals surface area contributed by atoms with E-state index >= 15 is 0 Å². The number of ether oxygens (including phenoxy) is 1. The molecule has 7 heteroatoms. The van der Waals surface area contributed by atoms with E-state index in [1.165, 1.54) is 31.4 Å². The molecule has 0 heterocycles. The Morgan fingerprint density at radius 3 is 2.62 bits per heavy atom. The summed E-state index contributed by atoms with van der Waals surface area (Å²) >= 11 is 0. The molecule has 0 aliphatic carbocycles. The van der Waals surface area contributed by atoms with Gasteiger partial charge in [-0.05, 0) is 24.3 Å². The van der Waals surface area contributed by atoms with Crippen LogP contribution in [0.15, 0.2) is 47.4 Å². The molecule has 0 aliphatic heterocycles. The van der Waals surface area contributed by atoms with E-state index in [4.69, 9.17) is 10.00 Å². The van der Waals surface area contributed by atoms with Crippen molar-refractivity contribution in [1.82, 2.24) is 0 Å². The highest BCUT2D eigenvalue weighted by molar-refractivity contribution is 7.92. The normalized spacial score (nSPS) is 10.7. The van der Waals surface area contributed by atoms with Crippen molar-refractivity contribution in [2.45, 2.75) is 4.90 Å². The van der Waals surface area contributed by atoms with E-state index in [0.29, 0.717) is 5.75 Å². The van der Waals surface area contributed by atoms with Gasteiger partial charge in [-0.25, -0.2) is 12.8 Å². The summed E-state index contributed by atoms with van der Waals surface area (Å²) in [5, 5.41) is 8.91. The second-order valence-corrected chi connectivity index (χ2v) is 5.71. The fraction of sp³-hybridized carbons (Fsp3) is 0.0714. The SMILES string of the molecule is COc1cccc(NS(=O)(=O)c2cccc(F)c2C#N)c1. The molecule has 5 nitrogen and oxygen atoms in total. The molecule has 0 aliphatic rings. The van der Waals surface area contributed by atoms with Gasteiger partial charge in [-0.2, -0.15) is 5.26 Å². The second-order valence-electron chi connectivity index (χ2n) is 4.06. The Kier molecular flexibility index (Phi) is 4.10. The molecular formula is C14H11FN2O3S. The van der Waals surface area contributed by atoms with Crippen LogP contribution in [0.2, 0.25) is 0 Å². The molecule has 0 aromatic heterocycles. The van der Waals surface area contributed by atoms with Crippen LogP contribution in [-0.4, -0.2) is 15.5 Å². The van der Waals surface area contributed by atoms with Gasteiger partial charge in [-0.3, -0.25) is 4.72 Å². The maximum absolute atomic E-state index is 13.5. The Balaban J connectivity index is 2.44. The van der Waals surface area contributed by atoms with Gasteiger partial charge in [0.05, 0.1) is 12.8 Å². The average molecular weight is 306 g/mol. The average Bonchev–Trinajstić information content (AvgIpc) is 2.46. The molecule has 0 atom stereocenters. The lowest BCUT2D eigenvalue weighted by molar-refractivity contribution is 0.415. The highest BCUT2D eigenvalue weighted by Gasteiger charge is 2.21. The molecule has 21 heavy (non-hydrogen) atoms. The number of benzene rings is 2. The van der Waals surface area contributed by atoms with Crippen molar-refractivity contribution >= 4 is 15.7 Å². The molecule has 0 bridgehead atoms. The van der Waals surface area contributed by atoms with Gasteiger partial charge >= 0.3 is 0 Å². The number of methoxy groups -OCH3 is 1. The van der Waals surface area contributed by atoms with Crippen molar-refractivity contribution in [2.75, 3.05) is 11.8 Å². The van der Waals surface area contributed by atoms with Crippen molar-refractivity contribution in [3.05, 3.63) is 53.8 Å².